The first-order valence-electron chi connectivity index (χ1n) is 20.4. The summed E-state index contributed by atoms with van der Waals surface area (Å²) < 4.78 is 9.55. The van der Waals surface area contributed by atoms with Gasteiger partial charge >= 0.3 is 12.2 Å². The molecule has 2 saturated heterocycles. The molecule has 4 N–H and O–H groups in total. The molecule has 3 aromatic carbocycles. The van der Waals surface area contributed by atoms with Gasteiger partial charge < -0.3 is 39.9 Å². The predicted molar refractivity (Wildman–Crippen MR) is 225 cm³/mol. The van der Waals surface area contributed by atoms with Crippen molar-refractivity contribution >= 4 is 34.8 Å². The molecule has 0 saturated carbocycles. The molecule has 2 aromatic heterocycles. The lowest BCUT2D eigenvalue weighted by atomic mass is 9.98. The molecule has 310 valence electrons. The van der Waals surface area contributed by atoms with Gasteiger partial charge in [-0.15, -0.1) is 0 Å². The summed E-state index contributed by atoms with van der Waals surface area (Å²) in [6.07, 6.45) is 4.79. The summed E-state index contributed by atoms with van der Waals surface area (Å²) in [5.74, 6) is 1.24. The minimum absolute atomic E-state index is 0.106. The van der Waals surface area contributed by atoms with E-state index in [1.54, 1.807) is 0 Å². The Bertz CT molecular complexity index is 2320. The smallest absolute Gasteiger partial charge is 0.407 e. The van der Waals surface area contributed by atoms with Crippen molar-refractivity contribution in [2.45, 2.75) is 78.0 Å². The monoisotopic (exact) mass is 802 g/mol. The van der Waals surface area contributed by atoms with E-state index < -0.39 is 24.3 Å². The first kappa shape index (κ1) is 41.0. The highest BCUT2D eigenvalue weighted by molar-refractivity contribution is 5.91. The van der Waals surface area contributed by atoms with Crippen LogP contribution in [0.3, 0.4) is 0 Å². The van der Waals surface area contributed by atoms with Crippen molar-refractivity contribution in [2.24, 2.45) is 17.8 Å². The van der Waals surface area contributed by atoms with Crippen molar-refractivity contribution in [1.29, 1.82) is 0 Å². The fourth-order valence-corrected chi connectivity index (χ4v) is 8.36. The van der Waals surface area contributed by atoms with Gasteiger partial charge in [-0.05, 0) is 76.6 Å². The Morgan fingerprint density at radius 1 is 0.678 bits per heavy atom. The molecule has 14 nitrogen and oxygen atoms in total. The summed E-state index contributed by atoms with van der Waals surface area (Å²) in [6, 6.07) is 19.3. The van der Waals surface area contributed by atoms with Gasteiger partial charge in [0.15, 0.2) is 0 Å². The van der Waals surface area contributed by atoms with Gasteiger partial charge in [-0.1, -0.05) is 83.1 Å². The van der Waals surface area contributed by atoms with Crippen molar-refractivity contribution in [1.82, 2.24) is 40.4 Å². The van der Waals surface area contributed by atoms with Crippen molar-refractivity contribution in [2.75, 3.05) is 27.3 Å². The van der Waals surface area contributed by atoms with Crippen molar-refractivity contribution in [3.63, 3.8) is 0 Å². The molecule has 59 heavy (non-hydrogen) atoms. The molecule has 0 aliphatic carbocycles. The summed E-state index contributed by atoms with van der Waals surface area (Å²) in [4.78, 5) is 71.3. The summed E-state index contributed by atoms with van der Waals surface area (Å²) in [6.45, 7) is 10.9. The van der Waals surface area contributed by atoms with E-state index in [-0.39, 0.29) is 41.7 Å². The second kappa shape index (κ2) is 17.4. The van der Waals surface area contributed by atoms with Gasteiger partial charge in [-0.2, -0.15) is 0 Å². The molecule has 0 bridgehead atoms. The number of benzene rings is 3. The second-order valence-corrected chi connectivity index (χ2v) is 16.5. The zero-order chi connectivity index (χ0) is 42.0. The summed E-state index contributed by atoms with van der Waals surface area (Å²) in [5.41, 5.74) is 5.88. The SMILES string of the molecule is COC(=O)N[C@H](C(=O)N1CCC[C@H]1c1ncc(-c2ccc3cc(-c4ccc(-c5cnc([C@@H]6C[C@H](C)CN6C(=O)[C@@H](NC(=O)OC)C(C)C)[nH]5)cc4)ccc3c2)[nH]1)C(C)C. The molecule has 5 aromatic rings. The van der Waals surface area contributed by atoms with Crippen molar-refractivity contribution in [3.05, 3.63) is 84.7 Å². The van der Waals surface area contributed by atoms with Gasteiger partial charge in [0.1, 0.15) is 23.7 Å². The van der Waals surface area contributed by atoms with Crippen LogP contribution in [0, 0.1) is 17.8 Å². The lowest BCUT2D eigenvalue weighted by Crippen LogP contribution is -2.51. The number of hydrogen-bond donors (Lipinski definition) is 4. The molecule has 2 fully saturated rings. The highest BCUT2D eigenvalue weighted by atomic mass is 16.5. The van der Waals surface area contributed by atoms with Crippen LogP contribution in [-0.4, -0.2) is 93.1 Å². The average Bonchev–Trinajstić information content (AvgIpc) is 4.08. The van der Waals surface area contributed by atoms with E-state index in [9.17, 15) is 19.2 Å². The fraction of sp³-hybridized carbons (Fsp3) is 0.422. The van der Waals surface area contributed by atoms with E-state index >= 15 is 0 Å². The van der Waals surface area contributed by atoms with Crippen LogP contribution < -0.4 is 10.6 Å². The van der Waals surface area contributed by atoms with Gasteiger partial charge in [0.05, 0.1) is 50.1 Å². The number of aromatic nitrogens is 4. The number of nitrogens with zero attached hydrogens (tertiary/aromatic N) is 4. The van der Waals surface area contributed by atoms with Crippen LogP contribution in [0.15, 0.2) is 73.1 Å². The van der Waals surface area contributed by atoms with Crippen LogP contribution in [0.5, 0.6) is 0 Å². The maximum absolute atomic E-state index is 13.7. The normalized spacial score (nSPS) is 19.0. The summed E-state index contributed by atoms with van der Waals surface area (Å²) in [7, 11) is 2.59. The number of fused-ring (bicyclic) bond motifs is 1. The van der Waals surface area contributed by atoms with E-state index in [4.69, 9.17) is 19.4 Å². The minimum atomic E-state index is -0.699. The van der Waals surface area contributed by atoms with Crippen molar-refractivity contribution in [3.8, 4) is 33.6 Å². The zero-order valence-electron chi connectivity index (χ0n) is 34.7. The Hall–Kier alpha value is -6.18. The number of ether oxygens (including phenoxy) is 2. The molecule has 14 heteroatoms. The predicted octanol–water partition coefficient (Wildman–Crippen LogP) is 7.62. The Labute approximate surface area is 344 Å². The van der Waals surface area contributed by atoms with E-state index in [1.165, 1.54) is 14.2 Å². The number of carbonyl (C=O) groups excluding carboxylic acids is 4. The quantitative estimate of drug-likeness (QED) is 0.106. The highest BCUT2D eigenvalue weighted by Gasteiger charge is 2.40. The van der Waals surface area contributed by atoms with E-state index in [2.05, 4.69) is 88.2 Å². The molecule has 0 spiro atoms. The Balaban J connectivity index is 1.03. The van der Waals surface area contributed by atoms with Crippen LogP contribution in [0.25, 0.3) is 44.4 Å². The van der Waals surface area contributed by atoms with Crippen LogP contribution in [0.1, 0.15) is 77.6 Å². The number of aromatic amines is 2. The number of methoxy groups -OCH3 is 2. The number of nitrogens with one attached hydrogen (secondary N) is 4. The third-order valence-electron chi connectivity index (χ3n) is 11.6. The van der Waals surface area contributed by atoms with Crippen LogP contribution in [0.2, 0.25) is 0 Å². The van der Waals surface area contributed by atoms with Crippen LogP contribution in [-0.2, 0) is 19.1 Å². The van der Waals surface area contributed by atoms with Gasteiger partial charge in [0.2, 0.25) is 11.8 Å². The number of carbonyl (C=O) groups is 4. The molecule has 4 amide bonds. The average molecular weight is 803 g/mol. The minimum Gasteiger partial charge on any atom is -0.453 e. The maximum atomic E-state index is 13.7. The number of rotatable bonds is 11. The number of H-pyrrole nitrogens is 2. The Morgan fingerprint density at radius 2 is 1.17 bits per heavy atom. The van der Waals surface area contributed by atoms with Crippen molar-refractivity contribution < 1.29 is 28.7 Å². The number of likely N-dealkylation sites (tertiary alicyclic amines) is 2. The molecule has 4 heterocycles. The number of imidazole rings is 2. The van der Waals surface area contributed by atoms with Gasteiger partial charge in [-0.3, -0.25) is 9.59 Å². The number of hydrogen-bond acceptors (Lipinski definition) is 8. The van der Waals surface area contributed by atoms with Gasteiger partial charge in [0.25, 0.3) is 0 Å². The van der Waals surface area contributed by atoms with Crippen LogP contribution in [0.4, 0.5) is 9.59 Å². The molecule has 2 aliphatic heterocycles. The first-order chi connectivity index (χ1) is 28.3. The van der Waals surface area contributed by atoms with E-state index in [0.29, 0.717) is 13.1 Å². The van der Waals surface area contributed by atoms with E-state index in [0.717, 1.165) is 75.3 Å². The fourth-order valence-electron chi connectivity index (χ4n) is 8.36. The molecule has 7 rings (SSSR count). The molecule has 2 aliphatic rings. The van der Waals surface area contributed by atoms with Gasteiger partial charge in [0, 0.05) is 18.7 Å². The van der Waals surface area contributed by atoms with Gasteiger partial charge in [-0.25, -0.2) is 19.6 Å². The van der Waals surface area contributed by atoms with E-state index in [1.807, 2.05) is 49.9 Å². The third-order valence-corrected chi connectivity index (χ3v) is 11.6. The summed E-state index contributed by atoms with van der Waals surface area (Å²) in [5, 5.41) is 7.61. The topological polar surface area (TPSA) is 175 Å². The molecular formula is C45H54N8O6. The number of alkyl carbamates (subject to hydrolysis) is 2. The Morgan fingerprint density at radius 3 is 1.75 bits per heavy atom. The largest absolute Gasteiger partial charge is 0.453 e. The lowest BCUT2D eigenvalue weighted by molar-refractivity contribution is -0.136. The maximum Gasteiger partial charge on any atom is 0.407 e. The third kappa shape index (κ3) is 8.67. The number of amides is 4. The highest BCUT2D eigenvalue weighted by Crippen LogP contribution is 2.37. The second-order valence-electron chi connectivity index (χ2n) is 16.5. The Kier molecular flexibility index (Phi) is 12.1. The first-order valence-corrected chi connectivity index (χ1v) is 20.4. The molecule has 0 radical (unpaired) electrons. The molecule has 0 unspecified atom stereocenters. The van der Waals surface area contributed by atoms with Crippen LogP contribution >= 0.6 is 0 Å². The standard InChI is InChI=1S/C45H54N8O6/c1-25(2)38(50-44(56)58-6)42(54)52-18-8-9-36(52)40-46-23-35(49-40)33-17-16-31-20-30(14-15-32(31)21-33)28-10-12-29(13-11-28)34-22-47-41(48-34)37-19-27(5)24-53(37)43(55)39(26(3)4)51-45(57)59-7/h10-17,20-23,25-27,36-39H,8-9,18-19,24H2,1-7H3,(H,46,49)(H,47,48)(H,50,56)(H,51,57)/t27-,36-,37-,38-,39-/m0/s1. The zero-order valence-corrected chi connectivity index (χ0v) is 34.7. The molecule has 5 atom stereocenters. The molecular weight excluding hydrogens is 749 g/mol. The summed E-state index contributed by atoms with van der Waals surface area (Å²) >= 11 is 0. The lowest BCUT2D eigenvalue weighted by Gasteiger charge is -2.30.